The number of hydrogen-bond donors (Lipinski definition) is 2. The third-order valence-corrected chi connectivity index (χ3v) is 7.39. The first-order chi connectivity index (χ1) is 15.3. The summed E-state index contributed by atoms with van der Waals surface area (Å²) in [5, 5.41) is 12.8. The van der Waals surface area contributed by atoms with Crippen molar-refractivity contribution in [3.63, 3.8) is 0 Å². The van der Waals surface area contributed by atoms with E-state index in [1.165, 1.54) is 4.90 Å². The number of hydrogen-bond acceptors (Lipinski definition) is 6. The van der Waals surface area contributed by atoms with Crippen LogP contribution < -0.4 is 5.32 Å². The van der Waals surface area contributed by atoms with Crippen LogP contribution in [0.3, 0.4) is 0 Å². The molecule has 3 aliphatic rings. The molecule has 9 heteroatoms. The van der Waals surface area contributed by atoms with Gasteiger partial charge in [-0.2, -0.15) is 0 Å². The molecule has 174 valence electrons. The number of rotatable bonds is 8. The fourth-order valence-corrected chi connectivity index (χ4v) is 5.96. The fraction of sp³-hybridized carbons (Fsp3) is 0.609. The lowest BCUT2D eigenvalue weighted by molar-refractivity contribution is -0.160. The van der Waals surface area contributed by atoms with Gasteiger partial charge in [0.25, 0.3) is 0 Å². The molecule has 0 aromatic heterocycles. The Bertz CT molecular complexity index is 908. The highest BCUT2D eigenvalue weighted by atomic mass is 35.5. The monoisotopic (exact) mass is 464 g/mol. The average molecular weight is 465 g/mol. The molecule has 3 fully saturated rings. The van der Waals surface area contributed by atoms with Crippen molar-refractivity contribution in [1.29, 1.82) is 0 Å². The highest BCUT2D eigenvalue weighted by Gasteiger charge is 2.78. The summed E-state index contributed by atoms with van der Waals surface area (Å²) in [6.45, 7) is 3.95. The minimum absolute atomic E-state index is 0.117. The van der Waals surface area contributed by atoms with Crippen LogP contribution in [0, 0.1) is 11.8 Å². The molecule has 1 aromatic rings. The quantitative estimate of drug-likeness (QED) is 0.572. The largest absolute Gasteiger partial charge is 0.466 e. The number of nitrogens with zero attached hydrogens (tertiary/aromatic N) is 1. The standard InChI is InChI=1S/C23H29ClN2O6/c1-3-22-10-11-23(32-22)16(17(22)21(30)31-4-2)20(29)26(12-5-13-27)18(23)19(28)25-15-8-6-14(24)7-9-15/h6-9,16-18,27H,3-5,10-13H2,1-2H3,(H,25,28)/t16-,17+,18?,22-,23?/m0/s1. The maximum Gasteiger partial charge on any atom is 0.312 e. The number of aliphatic hydroxyl groups excluding tert-OH is 1. The van der Waals surface area contributed by atoms with Crippen molar-refractivity contribution in [2.75, 3.05) is 25.1 Å². The topological polar surface area (TPSA) is 105 Å². The van der Waals surface area contributed by atoms with Gasteiger partial charge in [-0.05, 0) is 56.9 Å². The van der Waals surface area contributed by atoms with Gasteiger partial charge in [0.15, 0.2) is 0 Å². The van der Waals surface area contributed by atoms with Crippen LogP contribution in [0.5, 0.6) is 0 Å². The summed E-state index contributed by atoms with van der Waals surface area (Å²) in [4.78, 5) is 41.6. The maximum atomic E-state index is 13.6. The van der Waals surface area contributed by atoms with Gasteiger partial charge in [-0.1, -0.05) is 18.5 Å². The van der Waals surface area contributed by atoms with Crippen molar-refractivity contribution in [1.82, 2.24) is 4.90 Å². The van der Waals surface area contributed by atoms with Crippen LogP contribution in [0.1, 0.15) is 39.5 Å². The van der Waals surface area contributed by atoms with Gasteiger partial charge in [0, 0.05) is 23.9 Å². The van der Waals surface area contributed by atoms with E-state index in [4.69, 9.17) is 21.1 Å². The van der Waals surface area contributed by atoms with Gasteiger partial charge < -0.3 is 24.8 Å². The molecule has 4 rings (SSSR count). The Kier molecular flexibility index (Phi) is 6.22. The number of fused-ring (bicyclic) bond motifs is 1. The van der Waals surface area contributed by atoms with Gasteiger partial charge in [0.1, 0.15) is 17.6 Å². The van der Waals surface area contributed by atoms with Gasteiger partial charge in [-0.3, -0.25) is 14.4 Å². The summed E-state index contributed by atoms with van der Waals surface area (Å²) >= 11 is 5.95. The number of nitrogens with one attached hydrogen (secondary N) is 1. The van der Waals surface area contributed by atoms with Gasteiger partial charge in [0.2, 0.25) is 11.8 Å². The van der Waals surface area contributed by atoms with E-state index in [1.54, 1.807) is 31.2 Å². The summed E-state index contributed by atoms with van der Waals surface area (Å²) in [7, 11) is 0. The molecule has 5 atom stereocenters. The van der Waals surface area contributed by atoms with E-state index in [-0.39, 0.29) is 31.6 Å². The minimum Gasteiger partial charge on any atom is -0.466 e. The average Bonchev–Trinajstić information content (AvgIpc) is 3.37. The first-order valence-corrected chi connectivity index (χ1v) is 11.6. The molecule has 2 unspecified atom stereocenters. The number of benzene rings is 1. The minimum atomic E-state index is -1.10. The van der Waals surface area contributed by atoms with Gasteiger partial charge in [-0.25, -0.2) is 0 Å². The predicted octanol–water partition coefficient (Wildman–Crippen LogP) is 2.38. The summed E-state index contributed by atoms with van der Waals surface area (Å²) in [5.41, 5.74) is -1.36. The summed E-state index contributed by atoms with van der Waals surface area (Å²) in [5.74, 6) is -2.65. The van der Waals surface area contributed by atoms with Crippen LogP contribution in [0.15, 0.2) is 24.3 Å². The smallest absolute Gasteiger partial charge is 0.312 e. The van der Waals surface area contributed by atoms with E-state index >= 15 is 0 Å². The molecular formula is C23H29ClN2O6. The van der Waals surface area contributed by atoms with Crippen molar-refractivity contribution < 1.29 is 29.0 Å². The van der Waals surface area contributed by atoms with Gasteiger partial charge in [0.05, 0.1) is 18.1 Å². The number of ether oxygens (including phenoxy) is 2. The molecule has 0 radical (unpaired) electrons. The van der Waals surface area contributed by atoms with Crippen molar-refractivity contribution in [3.8, 4) is 0 Å². The molecular weight excluding hydrogens is 436 g/mol. The molecule has 1 spiro atoms. The van der Waals surface area contributed by atoms with Crippen LogP contribution in [-0.2, 0) is 23.9 Å². The first kappa shape index (κ1) is 23.0. The van der Waals surface area contributed by atoms with Crippen LogP contribution in [0.4, 0.5) is 5.69 Å². The molecule has 2 amide bonds. The SMILES string of the molecule is CCOC(=O)[C@H]1[C@H]2C(=O)N(CCCO)C(C(=O)Nc3ccc(Cl)cc3)C23CC[C@]1(CC)O3. The number of esters is 1. The highest BCUT2D eigenvalue weighted by molar-refractivity contribution is 6.30. The Morgan fingerprint density at radius 1 is 1.28 bits per heavy atom. The second-order valence-electron chi connectivity index (χ2n) is 8.69. The van der Waals surface area contributed by atoms with Crippen LogP contribution in [0.25, 0.3) is 0 Å². The van der Waals surface area contributed by atoms with E-state index in [9.17, 15) is 19.5 Å². The Morgan fingerprint density at radius 2 is 2.00 bits per heavy atom. The second-order valence-corrected chi connectivity index (χ2v) is 9.13. The Labute approximate surface area is 192 Å². The molecule has 3 heterocycles. The molecule has 2 bridgehead atoms. The normalized spacial score (nSPS) is 32.8. The molecule has 0 aliphatic carbocycles. The molecule has 2 N–H and O–H groups in total. The Hall–Kier alpha value is -2.16. The molecule has 1 aromatic carbocycles. The molecule has 32 heavy (non-hydrogen) atoms. The lowest BCUT2D eigenvalue weighted by Gasteiger charge is -2.33. The summed E-state index contributed by atoms with van der Waals surface area (Å²) < 4.78 is 11.9. The zero-order chi connectivity index (χ0) is 23.1. The van der Waals surface area contributed by atoms with E-state index in [0.29, 0.717) is 36.4 Å². The molecule has 0 saturated carbocycles. The number of halogens is 1. The number of carbonyl (C=O) groups is 3. The van der Waals surface area contributed by atoms with Gasteiger partial charge in [-0.15, -0.1) is 0 Å². The third kappa shape index (κ3) is 3.40. The van der Waals surface area contributed by atoms with E-state index in [1.807, 2.05) is 6.92 Å². The van der Waals surface area contributed by atoms with Crippen LogP contribution in [0.2, 0.25) is 5.02 Å². The first-order valence-electron chi connectivity index (χ1n) is 11.2. The maximum absolute atomic E-state index is 13.6. The highest BCUT2D eigenvalue weighted by Crippen LogP contribution is 2.64. The van der Waals surface area contributed by atoms with Crippen molar-refractivity contribution >= 4 is 35.1 Å². The number of anilines is 1. The molecule has 8 nitrogen and oxygen atoms in total. The zero-order valence-electron chi connectivity index (χ0n) is 18.3. The molecule has 3 saturated heterocycles. The van der Waals surface area contributed by atoms with Crippen molar-refractivity contribution in [3.05, 3.63) is 29.3 Å². The number of aliphatic hydroxyl groups is 1. The fourth-order valence-electron chi connectivity index (χ4n) is 5.83. The predicted molar refractivity (Wildman–Crippen MR) is 117 cm³/mol. The van der Waals surface area contributed by atoms with Crippen LogP contribution >= 0.6 is 11.6 Å². The molecule has 3 aliphatic heterocycles. The number of amides is 2. The lowest BCUT2D eigenvalue weighted by Crippen LogP contribution is -2.53. The van der Waals surface area contributed by atoms with Crippen molar-refractivity contribution in [2.24, 2.45) is 11.8 Å². The zero-order valence-corrected chi connectivity index (χ0v) is 19.1. The van der Waals surface area contributed by atoms with E-state index in [0.717, 1.165) is 0 Å². The van der Waals surface area contributed by atoms with Gasteiger partial charge >= 0.3 is 5.97 Å². The summed E-state index contributed by atoms with van der Waals surface area (Å²) in [6.07, 6.45) is 1.95. The number of carbonyl (C=O) groups excluding carboxylic acids is 3. The van der Waals surface area contributed by atoms with E-state index < -0.39 is 35.0 Å². The van der Waals surface area contributed by atoms with E-state index in [2.05, 4.69) is 5.32 Å². The third-order valence-electron chi connectivity index (χ3n) is 7.14. The van der Waals surface area contributed by atoms with Crippen molar-refractivity contribution in [2.45, 2.75) is 56.8 Å². The Morgan fingerprint density at radius 3 is 2.62 bits per heavy atom. The Balaban J connectivity index is 1.72. The van der Waals surface area contributed by atoms with Crippen LogP contribution in [-0.4, -0.2) is 64.8 Å². The second kappa shape index (κ2) is 8.65. The number of likely N-dealkylation sites (tertiary alicyclic amines) is 1. The lowest BCUT2D eigenvalue weighted by atomic mass is 9.65. The summed E-state index contributed by atoms with van der Waals surface area (Å²) in [6, 6.07) is 5.80.